The minimum Gasteiger partial charge on any atom is -0.464 e. The summed E-state index contributed by atoms with van der Waals surface area (Å²) in [6.07, 6.45) is 0. The maximum atomic E-state index is 13.6. The first-order valence-corrected chi connectivity index (χ1v) is 6.63. The largest absolute Gasteiger partial charge is 0.464 e. The number of ether oxygens (including phenoxy) is 1. The molecule has 21 heavy (non-hydrogen) atoms. The molecule has 0 saturated carbocycles. The highest BCUT2D eigenvalue weighted by atomic mass is 35.5. The van der Waals surface area contributed by atoms with Gasteiger partial charge in [-0.1, -0.05) is 29.8 Å². The van der Waals surface area contributed by atoms with Crippen LogP contribution in [0.15, 0.2) is 30.3 Å². The van der Waals surface area contributed by atoms with E-state index in [1.807, 2.05) is 0 Å². The molecule has 1 heterocycles. The topological polar surface area (TPSA) is 51.2 Å². The van der Waals surface area contributed by atoms with Gasteiger partial charge in [0.2, 0.25) is 0 Å². The highest BCUT2D eigenvalue weighted by molar-refractivity contribution is 6.29. The lowest BCUT2D eigenvalue weighted by Gasteiger charge is -2.13. The van der Waals surface area contributed by atoms with E-state index in [0.717, 1.165) is 0 Å². The van der Waals surface area contributed by atoms with E-state index in [4.69, 9.17) is 11.6 Å². The Kier molecular flexibility index (Phi) is 4.75. The Labute approximate surface area is 126 Å². The van der Waals surface area contributed by atoms with Crippen LogP contribution in [0.4, 0.5) is 10.1 Å². The number of anilines is 1. The van der Waals surface area contributed by atoms with Gasteiger partial charge in [0, 0.05) is 23.4 Å². The predicted molar refractivity (Wildman–Crippen MR) is 79.1 cm³/mol. The molecule has 0 aliphatic carbocycles. The van der Waals surface area contributed by atoms with Crippen LogP contribution < -0.4 is 5.32 Å². The number of methoxy groups -OCH3 is 1. The third-order valence-corrected chi connectivity index (χ3v) is 3.24. The van der Waals surface area contributed by atoms with Crippen molar-refractivity contribution in [3.05, 3.63) is 58.1 Å². The molecule has 0 saturated heterocycles. The smallest absolute Gasteiger partial charge is 0.357 e. The van der Waals surface area contributed by atoms with Crippen molar-refractivity contribution >= 4 is 23.3 Å². The number of hydrogen-bond acceptors (Lipinski definition) is 4. The van der Waals surface area contributed by atoms with E-state index in [-0.39, 0.29) is 23.2 Å². The van der Waals surface area contributed by atoms with Gasteiger partial charge < -0.3 is 10.1 Å². The Hall–Kier alpha value is -2.14. The highest BCUT2D eigenvalue weighted by Crippen LogP contribution is 2.23. The van der Waals surface area contributed by atoms with Crippen LogP contribution in [0, 0.1) is 12.7 Å². The Morgan fingerprint density at radius 1 is 1.43 bits per heavy atom. The number of nitrogens with one attached hydrogen (secondary N) is 1. The Morgan fingerprint density at radius 3 is 2.81 bits per heavy atom. The summed E-state index contributed by atoms with van der Waals surface area (Å²) < 4.78 is 18.2. The van der Waals surface area contributed by atoms with Crippen LogP contribution in [0.3, 0.4) is 0 Å². The number of nitrogens with zero attached hydrogens (tertiary/aromatic N) is 1. The van der Waals surface area contributed by atoms with Crippen LogP contribution in [0.2, 0.25) is 5.15 Å². The molecule has 0 aliphatic heterocycles. The first-order valence-electron chi connectivity index (χ1n) is 6.25. The number of rotatable bonds is 4. The van der Waals surface area contributed by atoms with Crippen molar-refractivity contribution in [2.45, 2.75) is 13.5 Å². The molecule has 0 amide bonds. The molecule has 110 valence electrons. The van der Waals surface area contributed by atoms with Crippen molar-refractivity contribution in [1.82, 2.24) is 4.98 Å². The number of carbonyl (C=O) groups excluding carboxylic acids is 1. The zero-order valence-electron chi connectivity index (χ0n) is 11.6. The zero-order valence-corrected chi connectivity index (χ0v) is 12.4. The molecule has 4 nitrogen and oxygen atoms in total. The van der Waals surface area contributed by atoms with Crippen LogP contribution in [0.5, 0.6) is 0 Å². The van der Waals surface area contributed by atoms with E-state index >= 15 is 0 Å². The standard InChI is InChI=1S/C15H14ClFN2O2/c1-9-12(7-13(16)19-14(9)15(20)21-2)18-8-10-5-3-4-6-11(10)17/h3-7H,8H2,1-2H3,(H,18,19). The van der Waals surface area contributed by atoms with Crippen LogP contribution in [0.1, 0.15) is 21.6 Å². The Morgan fingerprint density at radius 2 is 2.14 bits per heavy atom. The predicted octanol–water partition coefficient (Wildman–Crippen LogP) is 3.58. The van der Waals surface area contributed by atoms with Crippen molar-refractivity contribution in [2.24, 2.45) is 0 Å². The summed E-state index contributed by atoms with van der Waals surface area (Å²) in [5, 5.41) is 3.22. The van der Waals surface area contributed by atoms with Gasteiger partial charge in [0.15, 0.2) is 5.69 Å². The second-order valence-electron chi connectivity index (χ2n) is 4.40. The van der Waals surface area contributed by atoms with Gasteiger partial charge in [0.05, 0.1) is 7.11 Å². The normalized spacial score (nSPS) is 10.3. The SMILES string of the molecule is COC(=O)c1nc(Cl)cc(NCc2ccccc2F)c1C. The maximum Gasteiger partial charge on any atom is 0.357 e. The summed E-state index contributed by atoms with van der Waals surface area (Å²) in [5.74, 6) is -0.861. The molecule has 1 aromatic heterocycles. The molecule has 0 spiro atoms. The minimum atomic E-state index is -0.566. The average molecular weight is 309 g/mol. The van der Waals surface area contributed by atoms with Crippen LogP contribution in [-0.4, -0.2) is 18.1 Å². The van der Waals surface area contributed by atoms with Gasteiger partial charge in [0.25, 0.3) is 0 Å². The second kappa shape index (κ2) is 6.54. The molecule has 0 fully saturated rings. The van der Waals surface area contributed by atoms with Crippen molar-refractivity contribution < 1.29 is 13.9 Å². The fraction of sp³-hybridized carbons (Fsp3) is 0.200. The molecule has 2 aromatic rings. The quantitative estimate of drug-likeness (QED) is 0.693. The molecule has 0 radical (unpaired) electrons. The van der Waals surface area contributed by atoms with Crippen LogP contribution >= 0.6 is 11.6 Å². The first kappa shape index (κ1) is 15.3. The summed E-state index contributed by atoms with van der Waals surface area (Å²) >= 11 is 5.90. The van der Waals surface area contributed by atoms with Crippen molar-refractivity contribution in [3.63, 3.8) is 0 Å². The summed E-state index contributed by atoms with van der Waals surface area (Å²) in [7, 11) is 1.27. The van der Waals surface area contributed by atoms with E-state index in [1.54, 1.807) is 31.2 Å². The minimum absolute atomic E-state index is 0.140. The van der Waals surface area contributed by atoms with Gasteiger partial charge in [-0.05, 0) is 19.1 Å². The van der Waals surface area contributed by atoms with Gasteiger partial charge in [-0.2, -0.15) is 0 Å². The van der Waals surface area contributed by atoms with Crippen LogP contribution in [0.25, 0.3) is 0 Å². The maximum absolute atomic E-state index is 13.6. The van der Waals surface area contributed by atoms with E-state index < -0.39 is 5.97 Å². The second-order valence-corrected chi connectivity index (χ2v) is 4.79. The third-order valence-electron chi connectivity index (χ3n) is 3.05. The average Bonchev–Trinajstić information content (AvgIpc) is 2.48. The van der Waals surface area contributed by atoms with E-state index in [0.29, 0.717) is 16.8 Å². The highest BCUT2D eigenvalue weighted by Gasteiger charge is 2.16. The lowest BCUT2D eigenvalue weighted by molar-refractivity contribution is 0.0593. The fourth-order valence-corrected chi connectivity index (χ4v) is 2.08. The van der Waals surface area contributed by atoms with Crippen molar-refractivity contribution in [3.8, 4) is 0 Å². The lowest BCUT2D eigenvalue weighted by Crippen LogP contribution is -2.10. The van der Waals surface area contributed by atoms with E-state index in [9.17, 15) is 9.18 Å². The molecular formula is C15H14ClFN2O2. The summed E-state index contributed by atoms with van der Waals surface area (Å²) in [6.45, 7) is 1.99. The van der Waals surface area contributed by atoms with Gasteiger partial charge in [0.1, 0.15) is 11.0 Å². The molecule has 0 atom stereocenters. The molecule has 0 aliphatic rings. The number of benzene rings is 1. The van der Waals surface area contributed by atoms with Crippen LogP contribution in [-0.2, 0) is 11.3 Å². The van der Waals surface area contributed by atoms with Crippen molar-refractivity contribution in [1.29, 1.82) is 0 Å². The Bertz CT molecular complexity index is 677. The molecule has 1 N–H and O–H groups in total. The molecular weight excluding hydrogens is 295 g/mol. The molecule has 6 heteroatoms. The van der Waals surface area contributed by atoms with E-state index in [1.165, 1.54) is 13.2 Å². The number of halogens is 2. The van der Waals surface area contributed by atoms with E-state index in [2.05, 4.69) is 15.0 Å². The fourth-order valence-electron chi connectivity index (χ4n) is 1.89. The van der Waals surface area contributed by atoms with Gasteiger partial charge in [-0.15, -0.1) is 0 Å². The lowest BCUT2D eigenvalue weighted by atomic mass is 10.1. The Balaban J connectivity index is 2.26. The van der Waals surface area contributed by atoms with Crippen molar-refractivity contribution in [2.75, 3.05) is 12.4 Å². The monoisotopic (exact) mass is 308 g/mol. The summed E-state index contributed by atoms with van der Waals surface area (Å²) in [5.41, 5.74) is 1.87. The number of carbonyl (C=O) groups is 1. The van der Waals surface area contributed by atoms with Gasteiger partial charge in [-0.3, -0.25) is 0 Å². The number of esters is 1. The number of pyridine rings is 1. The number of hydrogen-bond donors (Lipinski definition) is 1. The summed E-state index contributed by atoms with van der Waals surface area (Å²) in [6, 6.07) is 8.05. The summed E-state index contributed by atoms with van der Waals surface area (Å²) in [4.78, 5) is 15.6. The third kappa shape index (κ3) is 3.49. The molecule has 0 unspecified atom stereocenters. The molecule has 0 bridgehead atoms. The molecule has 1 aromatic carbocycles. The van der Waals surface area contributed by atoms with Gasteiger partial charge >= 0.3 is 5.97 Å². The molecule has 2 rings (SSSR count). The first-order chi connectivity index (χ1) is 10.0. The van der Waals surface area contributed by atoms with Gasteiger partial charge in [-0.25, -0.2) is 14.2 Å². The zero-order chi connectivity index (χ0) is 15.4. The number of aromatic nitrogens is 1.